The van der Waals surface area contributed by atoms with Crippen molar-refractivity contribution in [2.24, 2.45) is 0 Å². The van der Waals surface area contributed by atoms with Gasteiger partial charge >= 0.3 is 0 Å². The molecule has 19 heavy (non-hydrogen) atoms. The van der Waals surface area contributed by atoms with E-state index >= 15 is 0 Å². The van der Waals surface area contributed by atoms with Crippen LogP contribution in [0.5, 0.6) is 0 Å². The van der Waals surface area contributed by atoms with Crippen LogP contribution in [0.2, 0.25) is 5.02 Å². The first-order valence-electron chi connectivity index (χ1n) is 6.86. The Bertz CT molecular complexity index is 354. The van der Waals surface area contributed by atoms with Crippen LogP contribution < -0.4 is 5.32 Å². The monoisotopic (exact) mass is 284 g/mol. The molecule has 108 valence electrons. The third kappa shape index (κ3) is 5.49. The number of aliphatic hydroxyl groups is 1. The molecule has 0 fully saturated rings. The molecule has 4 heteroatoms. The van der Waals surface area contributed by atoms with Gasteiger partial charge in [0.1, 0.15) is 0 Å². The highest BCUT2D eigenvalue weighted by Gasteiger charge is 2.13. The molecule has 0 bridgehead atoms. The first-order chi connectivity index (χ1) is 9.08. The Kier molecular flexibility index (Phi) is 7.39. The number of rotatable bonds is 8. The molecule has 0 saturated heterocycles. The zero-order valence-electron chi connectivity index (χ0n) is 12.1. The van der Waals surface area contributed by atoms with Gasteiger partial charge < -0.3 is 10.4 Å². The van der Waals surface area contributed by atoms with Gasteiger partial charge in [-0.3, -0.25) is 4.90 Å². The van der Waals surface area contributed by atoms with Gasteiger partial charge in [-0.25, -0.2) is 0 Å². The van der Waals surface area contributed by atoms with Crippen molar-refractivity contribution >= 4 is 11.6 Å². The van der Waals surface area contributed by atoms with E-state index in [9.17, 15) is 0 Å². The summed E-state index contributed by atoms with van der Waals surface area (Å²) >= 11 is 5.91. The fourth-order valence-corrected chi connectivity index (χ4v) is 2.35. The first kappa shape index (κ1) is 16.4. The quantitative estimate of drug-likeness (QED) is 0.770. The van der Waals surface area contributed by atoms with E-state index in [1.165, 1.54) is 5.56 Å². The predicted octanol–water partition coefficient (Wildman–Crippen LogP) is 2.69. The molecule has 1 rings (SSSR count). The highest BCUT2D eigenvalue weighted by Crippen LogP contribution is 2.19. The molecule has 0 aliphatic heterocycles. The second-order valence-electron chi connectivity index (χ2n) is 5.03. The number of nitrogens with zero attached hydrogens (tertiary/aromatic N) is 1. The van der Waals surface area contributed by atoms with Crippen molar-refractivity contribution in [1.29, 1.82) is 0 Å². The summed E-state index contributed by atoms with van der Waals surface area (Å²) in [6.45, 7) is 6.23. The van der Waals surface area contributed by atoms with E-state index in [1.54, 1.807) is 0 Å². The number of nitrogens with one attached hydrogen (secondary N) is 1. The summed E-state index contributed by atoms with van der Waals surface area (Å²) in [5, 5.41) is 13.2. The molecule has 0 amide bonds. The molecule has 0 aliphatic rings. The zero-order valence-corrected chi connectivity index (χ0v) is 12.8. The van der Waals surface area contributed by atoms with Gasteiger partial charge in [0.15, 0.2) is 0 Å². The Labute approximate surface area is 121 Å². The smallest absolute Gasteiger partial charge is 0.0558 e. The number of hydrogen-bond donors (Lipinski definition) is 2. The van der Waals surface area contributed by atoms with Crippen LogP contribution in [0.15, 0.2) is 24.3 Å². The second-order valence-corrected chi connectivity index (χ2v) is 5.47. The Hall–Kier alpha value is -0.610. The molecular weight excluding hydrogens is 260 g/mol. The summed E-state index contributed by atoms with van der Waals surface area (Å²) in [6, 6.07) is 8.75. The van der Waals surface area contributed by atoms with E-state index in [0.717, 1.165) is 24.5 Å². The van der Waals surface area contributed by atoms with Gasteiger partial charge in [-0.15, -0.1) is 0 Å². The van der Waals surface area contributed by atoms with Crippen LogP contribution in [0, 0.1) is 0 Å². The van der Waals surface area contributed by atoms with Gasteiger partial charge in [0, 0.05) is 30.2 Å². The Morgan fingerprint density at radius 2 is 1.84 bits per heavy atom. The summed E-state index contributed by atoms with van der Waals surface area (Å²) in [5.41, 5.74) is 1.25. The minimum atomic E-state index is 0.212. The molecule has 0 radical (unpaired) electrons. The lowest BCUT2D eigenvalue weighted by Gasteiger charge is -2.28. The molecule has 0 aromatic heterocycles. The Morgan fingerprint density at radius 3 is 2.32 bits per heavy atom. The van der Waals surface area contributed by atoms with Crippen molar-refractivity contribution in [3.63, 3.8) is 0 Å². The number of halogens is 1. The summed E-state index contributed by atoms with van der Waals surface area (Å²) in [5.74, 6) is 0. The van der Waals surface area contributed by atoms with Gasteiger partial charge in [-0.2, -0.15) is 0 Å². The molecular formula is C15H25ClN2O. The maximum absolute atomic E-state index is 9.08. The minimum Gasteiger partial charge on any atom is -0.395 e. The third-order valence-electron chi connectivity index (χ3n) is 3.44. The zero-order chi connectivity index (χ0) is 14.3. The fourth-order valence-electron chi connectivity index (χ4n) is 2.22. The molecule has 0 heterocycles. The lowest BCUT2D eigenvalue weighted by atomic mass is 10.0. The molecule has 1 unspecified atom stereocenters. The molecule has 2 N–H and O–H groups in total. The third-order valence-corrected chi connectivity index (χ3v) is 3.70. The Morgan fingerprint density at radius 1 is 1.21 bits per heavy atom. The summed E-state index contributed by atoms with van der Waals surface area (Å²) in [4.78, 5) is 2.29. The van der Waals surface area contributed by atoms with E-state index in [2.05, 4.69) is 36.2 Å². The first-order valence-corrected chi connectivity index (χ1v) is 7.24. The van der Waals surface area contributed by atoms with Crippen molar-refractivity contribution in [3.8, 4) is 0 Å². The molecule has 1 aromatic rings. The van der Waals surface area contributed by atoms with Crippen LogP contribution in [-0.2, 0) is 0 Å². The highest BCUT2D eigenvalue weighted by atomic mass is 35.5. The number of aliphatic hydroxyl groups excluding tert-OH is 1. The lowest BCUT2D eigenvalue weighted by molar-refractivity contribution is 0.160. The van der Waals surface area contributed by atoms with Gasteiger partial charge in [0.2, 0.25) is 0 Å². The van der Waals surface area contributed by atoms with E-state index in [4.69, 9.17) is 16.7 Å². The van der Waals surface area contributed by atoms with E-state index in [-0.39, 0.29) is 6.61 Å². The van der Waals surface area contributed by atoms with Crippen molar-refractivity contribution in [1.82, 2.24) is 10.2 Å². The highest BCUT2D eigenvalue weighted by molar-refractivity contribution is 6.30. The topological polar surface area (TPSA) is 35.5 Å². The number of benzene rings is 1. The molecule has 1 aromatic carbocycles. The summed E-state index contributed by atoms with van der Waals surface area (Å²) in [6.07, 6.45) is 1.01. The SMILES string of the molecule is CNC(CCN(CCO)C(C)C)c1ccc(Cl)cc1. The van der Waals surface area contributed by atoms with Crippen LogP contribution in [0.25, 0.3) is 0 Å². The molecule has 0 spiro atoms. The number of hydrogen-bond acceptors (Lipinski definition) is 3. The average molecular weight is 285 g/mol. The molecule has 3 nitrogen and oxygen atoms in total. The van der Waals surface area contributed by atoms with Crippen molar-refractivity contribution in [3.05, 3.63) is 34.9 Å². The molecule has 0 aliphatic carbocycles. The van der Waals surface area contributed by atoms with Crippen molar-refractivity contribution < 1.29 is 5.11 Å². The molecule has 1 atom stereocenters. The summed E-state index contributed by atoms with van der Waals surface area (Å²) in [7, 11) is 1.98. The normalized spacial score (nSPS) is 13.2. The maximum atomic E-state index is 9.08. The second kappa shape index (κ2) is 8.54. The van der Waals surface area contributed by atoms with Crippen LogP contribution in [0.3, 0.4) is 0 Å². The Balaban J connectivity index is 2.59. The van der Waals surface area contributed by atoms with Crippen molar-refractivity contribution in [2.75, 3.05) is 26.7 Å². The van der Waals surface area contributed by atoms with Gasteiger partial charge in [0.25, 0.3) is 0 Å². The van der Waals surface area contributed by atoms with Gasteiger partial charge in [-0.1, -0.05) is 23.7 Å². The summed E-state index contributed by atoms with van der Waals surface area (Å²) < 4.78 is 0. The van der Waals surface area contributed by atoms with Crippen molar-refractivity contribution in [2.45, 2.75) is 32.4 Å². The lowest BCUT2D eigenvalue weighted by Crippen LogP contribution is -2.36. The van der Waals surface area contributed by atoms with Crippen LogP contribution >= 0.6 is 11.6 Å². The molecule has 0 saturated carbocycles. The maximum Gasteiger partial charge on any atom is 0.0558 e. The van der Waals surface area contributed by atoms with E-state index in [0.29, 0.717) is 12.1 Å². The van der Waals surface area contributed by atoms with Crippen LogP contribution in [0.1, 0.15) is 31.9 Å². The van der Waals surface area contributed by atoms with Gasteiger partial charge in [0.05, 0.1) is 6.61 Å². The fraction of sp³-hybridized carbons (Fsp3) is 0.600. The minimum absolute atomic E-state index is 0.212. The van der Waals surface area contributed by atoms with E-state index < -0.39 is 0 Å². The predicted molar refractivity (Wildman–Crippen MR) is 81.7 cm³/mol. The van der Waals surface area contributed by atoms with Crippen LogP contribution in [-0.4, -0.2) is 42.8 Å². The largest absolute Gasteiger partial charge is 0.395 e. The average Bonchev–Trinajstić information content (AvgIpc) is 2.39. The van der Waals surface area contributed by atoms with Crippen LogP contribution in [0.4, 0.5) is 0 Å². The van der Waals surface area contributed by atoms with E-state index in [1.807, 2.05) is 19.2 Å². The standard InChI is InChI=1S/C15H25ClN2O/c1-12(2)18(10-11-19)9-8-15(17-3)13-4-6-14(16)7-5-13/h4-7,12,15,17,19H,8-11H2,1-3H3. The van der Waals surface area contributed by atoms with Gasteiger partial charge in [-0.05, 0) is 45.0 Å².